The van der Waals surface area contributed by atoms with Crippen LogP contribution in [0.15, 0.2) is 34.3 Å². The molecule has 1 N–H and O–H groups in total. The highest BCUT2D eigenvalue weighted by Crippen LogP contribution is 2.26. The summed E-state index contributed by atoms with van der Waals surface area (Å²) in [4.78, 5) is 11.8. The van der Waals surface area contributed by atoms with Gasteiger partial charge >= 0.3 is 0 Å². The molecule has 0 aliphatic heterocycles. The van der Waals surface area contributed by atoms with E-state index in [4.69, 9.17) is 10.3 Å². The van der Waals surface area contributed by atoms with Crippen molar-refractivity contribution in [1.82, 2.24) is 4.98 Å². The molecule has 112 valence electrons. The number of H-pyrrole nitrogens is 1. The third-order valence-corrected chi connectivity index (χ3v) is 3.60. The van der Waals surface area contributed by atoms with Gasteiger partial charge < -0.3 is 4.98 Å². The van der Waals surface area contributed by atoms with Gasteiger partial charge in [0.05, 0.1) is 28.5 Å². The van der Waals surface area contributed by atoms with E-state index in [2.05, 4.69) is 42.9 Å². The van der Waals surface area contributed by atoms with E-state index < -0.39 is 0 Å². The highest BCUT2D eigenvalue weighted by atomic mass is 14.8. The summed E-state index contributed by atoms with van der Waals surface area (Å²) < 4.78 is 0. The molecule has 4 heteroatoms. The van der Waals surface area contributed by atoms with Gasteiger partial charge in [0.25, 0.3) is 0 Å². The molecule has 1 aromatic carbocycles. The third-order valence-electron chi connectivity index (χ3n) is 3.60. The van der Waals surface area contributed by atoms with Crippen LogP contribution in [0.3, 0.4) is 0 Å². The van der Waals surface area contributed by atoms with Crippen molar-refractivity contribution in [3.63, 3.8) is 0 Å². The van der Waals surface area contributed by atoms with Crippen molar-refractivity contribution in [2.24, 2.45) is 9.98 Å². The number of aromatic amines is 1. The van der Waals surface area contributed by atoms with Gasteiger partial charge in [0, 0.05) is 0 Å². The summed E-state index contributed by atoms with van der Waals surface area (Å²) in [5, 5.41) is 8.62. The standard InChI is InChI=1S/C18H20N4/c1-11-8-12(2)18(13(3)9-11)21-15(5)17-7-6-16(22-17)14(4)20-10-19/h6-9,22H,1-5H3. The Labute approximate surface area is 131 Å². The summed E-state index contributed by atoms with van der Waals surface area (Å²) in [5.74, 6) is 0. The van der Waals surface area contributed by atoms with Gasteiger partial charge in [-0.15, -0.1) is 0 Å². The Morgan fingerprint density at radius 1 is 1.00 bits per heavy atom. The third kappa shape index (κ3) is 3.32. The lowest BCUT2D eigenvalue weighted by Gasteiger charge is -2.08. The summed E-state index contributed by atoms with van der Waals surface area (Å²) >= 11 is 0. The van der Waals surface area contributed by atoms with Crippen LogP contribution in [0, 0.1) is 32.2 Å². The molecule has 22 heavy (non-hydrogen) atoms. The number of benzene rings is 1. The molecule has 0 fully saturated rings. The second kappa shape index (κ2) is 6.40. The molecule has 4 nitrogen and oxygen atoms in total. The number of hydrogen-bond acceptors (Lipinski definition) is 3. The maximum absolute atomic E-state index is 8.62. The summed E-state index contributed by atoms with van der Waals surface area (Å²) in [6.45, 7) is 10.0. The van der Waals surface area contributed by atoms with Gasteiger partial charge in [0.2, 0.25) is 6.19 Å². The van der Waals surface area contributed by atoms with Gasteiger partial charge in [0.15, 0.2) is 0 Å². The quantitative estimate of drug-likeness (QED) is 0.662. The first-order valence-electron chi connectivity index (χ1n) is 7.18. The summed E-state index contributed by atoms with van der Waals surface area (Å²) in [5.41, 5.74) is 7.95. The highest BCUT2D eigenvalue weighted by molar-refractivity contribution is 6.03. The SMILES string of the molecule is CC(=NC#N)c1ccc(C(C)=Nc2c(C)cc(C)cc2C)[nH]1. The number of nitriles is 1. The Balaban J connectivity index is 2.39. The normalized spacial score (nSPS) is 12.4. The minimum absolute atomic E-state index is 0.671. The summed E-state index contributed by atoms with van der Waals surface area (Å²) in [6.07, 6.45) is 1.80. The molecule has 0 saturated carbocycles. The lowest BCUT2D eigenvalue weighted by molar-refractivity contribution is 1.26. The zero-order valence-electron chi connectivity index (χ0n) is 13.7. The molecule has 0 radical (unpaired) electrons. The molecule has 0 saturated heterocycles. The first kappa shape index (κ1) is 15.7. The molecular weight excluding hydrogens is 272 g/mol. The van der Waals surface area contributed by atoms with Crippen molar-refractivity contribution in [1.29, 1.82) is 5.26 Å². The predicted molar refractivity (Wildman–Crippen MR) is 91.1 cm³/mol. The van der Waals surface area contributed by atoms with Crippen molar-refractivity contribution in [2.75, 3.05) is 0 Å². The number of aryl methyl sites for hydroxylation is 3. The Hall–Kier alpha value is -2.67. The zero-order chi connectivity index (χ0) is 16.3. The Bertz CT molecular complexity index is 778. The first-order chi connectivity index (χ1) is 10.4. The molecule has 1 aromatic heterocycles. The van der Waals surface area contributed by atoms with Gasteiger partial charge in [-0.3, -0.25) is 4.99 Å². The minimum atomic E-state index is 0.671. The largest absolute Gasteiger partial charge is 0.353 e. The van der Waals surface area contributed by atoms with Crippen LogP contribution >= 0.6 is 0 Å². The van der Waals surface area contributed by atoms with Crippen molar-refractivity contribution < 1.29 is 0 Å². The fourth-order valence-corrected chi connectivity index (χ4v) is 2.53. The molecule has 0 bridgehead atoms. The van der Waals surface area contributed by atoms with E-state index >= 15 is 0 Å². The summed E-state index contributed by atoms with van der Waals surface area (Å²) in [7, 11) is 0. The van der Waals surface area contributed by atoms with Gasteiger partial charge in [0.1, 0.15) is 0 Å². The van der Waals surface area contributed by atoms with Gasteiger partial charge in [-0.05, 0) is 57.9 Å². The molecule has 0 amide bonds. The highest BCUT2D eigenvalue weighted by Gasteiger charge is 2.07. The van der Waals surface area contributed by atoms with Crippen LogP contribution < -0.4 is 0 Å². The number of hydrogen-bond donors (Lipinski definition) is 1. The lowest BCUT2D eigenvalue weighted by Crippen LogP contribution is -1.99. The molecule has 0 aliphatic rings. The summed E-state index contributed by atoms with van der Waals surface area (Å²) in [6, 6.07) is 8.16. The second-order valence-electron chi connectivity index (χ2n) is 5.53. The molecule has 0 unspecified atom stereocenters. The zero-order valence-corrected chi connectivity index (χ0v) is 13.7. The average molecular weight is 292 g/mol. The van der Waals surface area contributed by atoms with Crippen LogP contribution in [-0.2, 0) is 0 Å². The lowest BCUT2D eigenvalue weighted by atomic mass is 10.1. The van der Waals surface area contributed by atoms with Crippen LogP contribution in [0.4, 0.5) is 5.69 Å². The first-order valence-corrected chi connectivity index (χ1v) is 7.18. The van der Waals surface area contributed by atoms with Crippen molar-refractivity contribution in [3.8, 4) is 6.19 Å². The van der Waals surface area contributed by atoms with Gasteiger partial charge in [-0.2, -0.15) is 10.3 Å². The molecule has 2 aromatic rings. The van der Waals surface area contributed by atoms with E-state index in [-0.39, 0.29) is 0 Å². The monoisotopic (exact) mass is 292 g/mol. The van der Waals surface area contributed by atoms with Gasteiger partial charge in [-0.1, -0.05) is 17.7 Å². The molecule has 0 atom stereocenters. The minimum Gasteiger partial charge on any atom is -0.353 e. The van der Waals surface area contributed by atoms with Crippen LogP contribution in [0.5, 0.6) is 0 Å². The Morgan fingerprint density at radius 3 is 2.09 bits per heavy atom. The van der Waals surface area contributed by atoms with E-state index in [1.165, 1.54) is 16.7 Å². The second-order valence-corrected chi connectivity index (χ2v) is 5.53. The topological polar surface area (TPSA) is 64.3 Å². The Kier molecular flexibility index (Phi) is 4.57. The molecule has 0 spiro atoms. The van der Waals surface area contributed by atoms with Crippen molar-refractivity contribution in [3.05, 3.63) is 52.3 Å². The number of rotatable bonds is 3. The van der Waals surface area contributed by atoms with E-state index in [1.54, 1.807) is 13.1 Å². The van der Waals surface area contributed by atoms with Crippen LogP contribution in [0.25, 0.3) is 0 Å². The van der Waals surface area contributed by atoms with E-state index in [1.807, 2.05) is 19.1 Å². The number of nitrogens with zero attached hydrogens (tertiary/aromatic N) is 3. The fourth-order valence-electron chi connectivity index (χ4n) is 2.53. The molecular formula is C18H20N4. The van der Waals surface area contributed by atoms with Crippen LogP contribution in [-0.4, -0.2) is 16.4 Å². The number of nitrogens with one attached hydrogen (secondary N) is 1. The maximum atomic E-state index is 8.62. The maximum Gasteiger partial charge on any atom is 0.205 e. The van der Waals surface area contributed by atoms with Crippen LogP contribution in [0.2, 0.25) is 0 Å². The average Bonchev–Trinajstić information content (AvgIpc) is 2.92. The smallest absolute Gasteiger partial charge is 0.205 e. The van der Waals surface area contributed by atoms with E-state index in [0.717, 1.165) is 22.8 Å². The van der Waals surface area contributed by atoms with Crippen molar-refractivity contribution in [2.45, 2.75) is 34.6 Å². The molecule has 1 heterocycles. The number of aliphatic imine (C=N–C) groups is 2. The van der Waals surface area contributed by atoms with Gasteiger partial charge in [-0.25, -0.2) is 0 Å². The fraction of sp³-hybridized carbons (Fsp3) is 0.278. The van der Waals surface area contributed by atoms with E-state index in [9.17, 15) is 0 Å². The van der Waals surface area contributed by atoms with E-state index in [0.29, 0.717) is 5.71 Å². The molecule has 0 aliphatic carbocycles. The van der Waals surface area contributed by atoms with Crippen molar-refractivity contribution >= 4 is 17.1 Å². The van der Waals surface area contributed by atoms with Crippen LogP contribution in [0.1, 0.15) is 41.9 Å². The predicted octanol–water partition coefficient (Wildman–Crippen LogP) is 4.37. The number of aromatic nitrogens is 1. The molecule has 2 rings (SSSR count). The Morgan fingerprint density at radius 2 is 1.55 bits per heavy atom.